The fourth-order valence-electron chi connectivity index (χ4n) is 1.28. The van der Waals surface area contributed by atoms with E-state index in [1.165, 1.54) is 13.2 Å². The third kappa shape index (κ3) is 7.35. The highest BCUT2D eigenvalue weighted by molar-refractivity contribution is 5.70. The minimum atomic E-state index is -5.19. The third-order valence-electron chi connectivity index (χ3n) is 2.27. The number of carboxylic acid groups (broad SMARTS) is 1. The normalized spacial score (nSPS) is 12.1. The molecule has 1 atom stereocenters. The summed E-state index contributed by atoms with van der Waals surface area (Å²) in [5, 5.41) is 8.78. The summed E-state index contributed by atoms with van der Waals surface area (Å²) in [6, 6.07) is 3.06. The van der Waals surface area contributed by atoms with Crippen molar-refractivity contribution in [3.63, 3.8) is 0 Å². The van der Waals surface area contributed by atoms with E-state index in [9.17, 15) is 18.0 Å². The van der Waals surface area contributed by atoms with Gasteiger partial charge in [0.05, 0.1) is 13.2 Å². The molecule has 1 aromatic heterocycles. The standard InChI is InChI=1S/C10H15NO3.C2HF3O2/c1-3-4-8(11)9-5-7(13-2)6-10(12)14-9;3-2(4,5)1(6)7/h5-6,8H,3-4,11H2,1-2H3;(H,6,7)/t8-;/m1./s1. The van der Waals surface area contributed by atoms with E-state index in [-0.39, 0.29) is 11.7 Å². The zero-order valence-corrected chi connectivity index (χ0v) is 11.5. The molecule has 3 N–H and O–H groups in total. The second-order valence-electron chi connectivity index (χ2n) is 3.99. The quantitative estimate of drug-likeness (QED) is 0.844. The van der Waals surface area contributed by atoms with Crippen LogP contribution in [0.5, 0.6) is 5.75 Å². The number of carboxylic acids is 1. The van der Waals surface area contributed by atoms with Gasteiger partial charge in [0, 0.05) is 12.5 Å². The second kappa shape index (κ2) is 8.30. The molecule has 1 rings (SSSR count). The molecule has 0 aliphatic heterocycles. The molecule has 0 saturated carbocycles. The smallest absolute Gasteiger partial charge is 0.430 e. The fourth-order valence-corrected chi connectivity index (χ4v) is 1.28. The van der Waals surface area contributed by atoms with Crippen LogP contribution in [0.3, 0.4) is 0 Å². The Balaban J connectivity index is 0.000000486. The van der Waals surface area contributed by atoms with Gasteiger partial charge >= 0.3 is 11.8 Å². The van der Waals surface area contributed by atoms with Crippen molar-refractivity contribution in [2.24, 2.45) is 0 Å². The lowest BCUT2D eigenvalue weighted by Crippen LogP contribution is -2.53. The summed E-state index contributed by atoms with van der Waals surface area (Å²) >= 11 is 0. The zero-order chi connectivity index (χ0) is 16.6. The molecule has 9 heteroatoms. The molecule has 0 spiro atoms. The van der Waals surface area contributed by atoms with Crippen molar-refractivity contribution in [1.82, 2.24) is 0 Å². The molecule has 0 unspecified atom stereocenters. The van der Waals surface area contributed by atoms with Crippen molar-refractivity contribution in [1.29, 1.82) is 0 Å². The Morgan fingerprint density at radius 1 is 1.48 bits per heavy atom. The number of halogens is 3. The Morgan fingerprint density at radius 3 is 2.38 bits per heavy atom. The van der Waals surface area contributed by atoms with Crippen LogP contribution < -0.4 is 21.2 Å². The van der Waals surface area contributed by atoms with Crippen LogP contribution in [-0.4, -0.2) is 19.3 Å². The van der Waals surface area contributed by atoms with E-state index in [0.29, 0.717) is 11.5 Å². The summed E-state index contributed by atoms with van der Waals surface area (Å²) in [5.41, 5.74) is 3.54. The monoisotopic (exact) mass is 311 g/mol. The topological polar surface area (TPSA) is 107 Å². The predicted molar refractivity (Wildman–Crippen MR) is 63.1 cm³/mol. The zero-order valence-electron chi connectivity index (χ0n) is 11.5. The fraction of sp³-hybridized carbons (Fsp3) is 0.500. The Hall–Kier alpha value is -2.03. The van der Waals surface area contributed by atoms with Gasteiger partial charge in [-0.3, -0.25) is 0 Å². The van der Waals surface area contributed by atoms with Crippen molar-refractivity contribution in [2.45, 2.75) is 32.0 Å². The molecule has 0 aromatic carbocycles. The van der Waals surface area contributed by atoms with Gasteiger partial charge in [-0.15, -0.1) is 0 Å². The lowest BCUT2D eigenvalue weighted by Gasteiger charge is -2.06. The number of carbonyl (C=O) groups excluding carboxylic acids is 1. The van der Waals surface area contributed by atoms with Crippen molar-refractivity contribution in [2.75, 3.05) is 7.11 Å². The predicted octanol–water partition coefficient (Wildman–Crippen LogP) is 0.0301. The van der Waals surface area contributed by atoms with Crippen LogP contribution in [0.4, 0.5) is 13.2 Å². The average Bonchev–Trinajstić information content (AvgIpc) is 2.37. The number of rotatable bonds is 4. The number of methoxy groups -OCH3 is 1. The van der Waals surface area contributed by atoms with Gasteiger partial charge in [-0.25, -0.2) is 4.79 Å². The van der Waals surface area contributed by atoms with Gasteiger partial charge in [-0.05, 0) is 0 Å². The van der Waals surface area contributed by atoms with E-state index in [4.69, 9.17) is 19.1 Å². The van der Waals surface area contributed by atoms with Gasteiger partial charge in [0.1, 0.15) is 17.8 Å². The molecule has 0 fully saturated rings. The summed E-state index contributed by atoms with van der Waals surface area (Å²) in [6.07, 6.45) is -3.29. The highest BCUT2D eigenvalue weighted by atomic mass is 19.4. The molecule has 0 saturated heterocycles. The van der Waals surface area contributed by atoms with Crippen molar-refractivity contribution in [3.8, 4) is 5.75 Å². The molecule has 1 heterocycles. The Morgan fingerprint density at radius 2 is 2.00 bits per heavy atom. The van der Waals surface area contributed by atoms with Gasteiger partial charge in [-0.2, -0.15) is 13.2 Å². The van der Waals surface area contributed by atoms with Gasteiger partial charge in [0.15, 0.2) is 5.76 Å². The van der Waals surface area contributed by atoms with Crippen molar-refractivity contribution >= 4 is 5.97 Å². The third-order valence-corrected chi connectivity index (χ3v) is 2.27. The lowest BCUT2D eigenvalue weighted by molar-refractivity contribution is -0.432. The Labute approximate surface area is 118 Å². The van der Waals surface area contributed by atoms with Crippen molar-refractivity contribution in [3.05, 3.63) is 28.3 Å². The number of quaternary nitrogens is 1. The van der Waals surface area contributed by atoms with E-state index in [1.807, 2.05) is 0 Å². The first-order chi connectivity index (χ1) is 9.61. The molecule has 1 aromatic rings. The number of aliphatic carboxylic acids is 1. The first-order valence-electron chi connectivity index (χ1n) is 5.92. The summed E-state index contributed by atoms with van der Waals surface area (Å²) in [4.78, 5) is 19.9. The number of hydrogen-bond acceptors (Lipinski definition) is 5. The molecule has 0 aliphatic rings. The van der Waals surface area contributed by atoms with Gasteiger partial charge in [0.2, 0.25) is 0 Å². The summed E-state index contributed by atoms with van der Waals surface area (Å²) in [7, 11) is 1.52. The van der Waals surface area contributed by atoms with Crippen LogP contribution in [-0.2, 0) is 4.79 Å². The van der Waals surface area contributed by atoms with Gasteiger partial charge in [-0.1, -0.05) is 13.3 Å². The van der Waals surface area contributed by atoms with Crippen LogP contribution >= 0.6 is 0 Å². The molecule has 0 radical (unpaired) electrons. The van der Waals surface area contributed by atoms with E-state index >= 15 is 0 Å². The number of carbonyl (C=O) groups is 1. The van der Waals surface area contributed by atoms with Crippen LogP contribution in [0.25, 0.3) is 0 Å². The maximum Gasteiger partial charge on any atom is 0.430 e. The molecule has 0 bridgehead atoms. The number of alkyl halides is 3. The summed E-state index contributed by atoms with van der Waals surface area (Å²) < 4.78 is 41.6. The lowest BCUT2D eigenvalue weighted by atomic mass is 10.1. The second-order valence-corrected chi connectivity index (χ2v) is 3.99. The largest absolute Gasteiger partial charge is 0.542 e. The molecule has 0 amide bonds. The van der Waals surface area contributed by atoms with E-state index in [1.54, 1.807) is 6.07 Å². The molecule has 6 nitrogen and oxygen atoms in total. The molecule has 21 heavy (non-hydrogen) atoms. The minimum Gasteiger partial charge on any atom is -0.542 e. The first kappa shape index (κ1) is 19.0. The number of hydrogen-bond donors (Lipinski definition) is 1. The van der Waals surface area contributed by atoms with Gasteiger partial charge < -0.3 is 24.8 Å². The van der Waals surface area contributed by atoms with Crippen molar-refractivity contribution < 1.29 is 38.0 Å². The first-order valence-corrected chi connectivity index (χ1v) is 5.92. The Bertz CT molecular complexity index is 512. The maximum absolute atomic E-state index is 11.1. The summed E-state index contributed by atoms with van der Waals surface area (Å²) in [5.74, 6) is -1.88. The van der Waals surface area contributed by atoms with Crippen LogP contribution in [0.1, 0.15) is 31.6 Å². The van der Waals surface area contributed by atoms with E-state index in [0.717, 1.165) is 12.8 Å². The molecule has 120 valence electrons. The molecular weight excluding hydrogens is 295 g/mol. The maximum atomic E-state index is 11.1. The summed E-state index contributed by atoms with van der Waals surface area (Å²) in [6.45, 7) is 2.07. The molecular formula is C12H16F3NO5. The molecule has 0 aliphatic carbocycles. The van der Waals surface area contributed by atoms with Crippen LogP contribution in [0.15, 0.2) is 21.3 Å². The SMILES string of the molecule is CCC[C@@H]([NH3+])c1cc(OC)cc(=O)o1.O=C([O-])C(F)(F)F. The van der Waals surface area contributed by atoms with E-state index in [2.05, 4.69) is 12.7 Å². The highest BCUT2D eigenvalue weighted by Crippen LogP contribution is 2.17. The highest BCUT2D eigenvalue weighted by Gasteiger charge is 2.28. The minimum absolute atomic E-state index is 0.0165. The average molecular weight is 311 g/mol. The van der Waals surface area contributed by atoms with E-state index < -0.39 is 12.1 Å². The Kier molecular flexibility index (Phi) is 7.50. The van der Waals surface area contributed by atoms with Gasteiger partial charge in [0.25, 0.3) is 0 Å². The van der Waals surface area contributed by atoms with Crippen LogP contribution in [0, 0.1) is 0 Å². The number of ether oxygens (including phenoxy) is 1. The van der Waals surface area contributed by atoms with Crippen LogP contribution in [0.2, 0.25) is 0 Å².